The van der Waals surface area contributed by atoms with Crippen molar-refractivity contribution in [3.05, 3.63) is 87.3 Å². The molecule has 9 heteroatoms. The van der Waals surface area contributed by atoms with E-state index < -0.39 is 16.7 Å². The van der Waals surface area contributed by atoms with Crippen molar-refractivity contribution in [2.45, 2.75) is 19.3 Å². The van der Waals surface area contributed by atoms with Crippen LogP contribution in [0.15, 0.2) is 70.5 Å². The van der Waals surface area contributed by atoms with Crippen LogP contribution < -0.4 is 17.0 Å². The van der Waals surface area contributed by atoms with E-state index >= 15 is 0 Å². The molecular weight excluding hydrogens is 442 g/mol. The van der Waals surface area contributed by atoms with Crippen LogP contribution >= 0.6 is 0 Å². The highest BCUT2D eigenvalue weighted by molar-refractivity contribution is 6.01. The van der Waals surface area contributed by atoms with Gasteiger partial charge in [0.1, 0.15) is 11.3 Å². The SMILES string of the molecule is Cn1c(=O)c2cnc3ccc(-c4ccc(N)nc4)nc3c2n(-c2ccc(C(C)(C)C#N)cc2)c1=O. The highest BCUT2D eigenvalue weighted by Crippen LogP contribution is 2.27. The Labute approximate surface area is 199 Å². The Morgan fingerprint density at radius 1 is 0.971 bits per heavy atom. The first-order chi connectivity index (χ1) is 16.7. The molecule has 0 saturated heterocycles. The van der Waals surface area contributed by atoms with E-state index in [9.17, 15) is 14.9 Å². The van der Waals surface area contributed by atoms with E-state index in [-0.39, 0.29) is 5.39 Å². The van der Waals surface area contributed by atoms with Crippen LogP contribution in [-0.4, -0.2) is 24.1 Å². The first kappa shape index (κ1) is 22.0. The predicted molar refractivity (Wildman–Crippen MR) is 134 cm³/mol. The van der Waals surface area contributed by atoms with Gasteiger partial charge in [0, 0.05) is 25.0 Å². The third-order valence-electron chi connectivity index (χ3n) is 6.13. The summed E-state index contributed by atoms with van der Waals surface area (Å²) in [5.41, 5.74) is 8.06. The second-order valence-electron chi connectivity index (χ2n) is 8.82. The fourth-order valence-corrected chi connectivity index (χ4v) is 4.00. The molecule has 4 aromatic heterocycles. The lowest BCUT2D eigenvalue weighted by atomic mass is 9.86. The molecule has 35 heavy (non-hydrogen) atoms. The van der Waals surface area contributed by atoms with Crippen molar-refractivity contribution >= 4 is 27.8 Å². The van der Waals surface area contributed by atoms with Crippen LogP contribution in [0.25, 0.3) is 38.9 Å². The summed E-state index contributed by atoms with van der Waals surface area (Å²) in [6.45, 7) is 3.65. The number of hydrogen-bond donors (Lipinski definition) is 1. The molecule has 0 fully saturated rings. The smallest absolute Gasteiger partial charge is 0.335 e. The first-order valence-corrected chi connectivity index (χ1v) is 10.9. The van der Waals surface area contributed by atoms with Crippen LogP contribution in [0.3, 0.4) is 0 Å². The molecule has 0 aliphatic heterocycles. The minimum atomic E-state index is -0.685. The van der Waals surface area contributed by atoms with E-state index in [1.807, 2.05) is 26.0 Å². The second kappa shape index (κ2) is 7.88. The first-order valence-electron chi connectivity index (χ1n) is 10.9. The van der Waals surface area contributed by atoms with E-state index in [1.54, 1.807) is 42.6 Å². The van der Waals surface area contributed by atoms with Gasteiger partial charge in [0.25, 0.3) is 5.56 Å². The Hall–Kier alpha value is -4.84. The van der Waals surface area contributed by atoms with Gasteiger partial charge < -0.3 is 5.73 Å². The predicted octanol–water partition coefficient (Wildman–Crippen LogP) is 3.08. The molecule has 0 radical (unpaired) electrons. The standard InChI is InChI=1S/C26H21N7O2/c1-26(2,14-27)16-5-7-17(8-6-16)33-23-18(24(34)32(3)25(33)35)13-29-20-10-9-19(31-22(20)23)15-4-11-21(28)30-12-15/h4-13H,1-3H3,(H2,28,30). The van der Waals surface area contributed by atoms with Crippen LogP contribution in [0, 0.1) is 11.3 Å². The van der Waals surface area contributed by atoms with Crippen molar-refractivity contribution in [1.82, 2.24) is 24.1 Å². The van der Waals surface area contributed by atoms with Crippen molar-refractivity contribution in [3.8, 4) is 23.0 Å². The number of nitrogens with zero attached hydrogens (tertiary/aromatic N) is 6. The molecule has 5 rings (SSSR count). The van der Waals surface area contributed by atoms with Gasteiger partial charge in [-0.2, -0.15) is 5.26 Å². The average Bonchev–Trinajstić information content (AvgIpc) is 2.87. The van der Waals surface area contributed by atoms with Crippen LogP contribution in [-0.2, 0) is 12.5 Å². The maximum atomic E-state index is 13.4. The lowest BCUT2D eigenvalue weighted by Gasteiger charge is -2.18. The van der Waals surface area contributed by atoms with Gasteiger partial charge in [0.05, 0.1) is 39.3 Å². The largest absolute Gasteiger partial charge is 0.384 e. The summed E-state index contributed by atoms with van der Waals surface area (Å²) in [4.78, 5) is 39.7. The highest BCUT2D eigenvalue weighted by Gasteiger charge is 2.21. The molecule has 0 aliphatic carbocycles. The van der Waals surface area contributed by atoms with Gasteiger partial charge in [-0.3, -0.25) is 18.9 Å². The lowest BCUT2D eigenvalue weighted by Crippen LogP contribution is -2.37. The van der Waals surface area contributed by atoms with E-state index in [1.165, 1.54) is 17.8 Å². The topological polar surface area (TPSA) is 132 Å². The maximum Gasteiger partial charge on any atom is 0.335 e. The highest BCUT2D eigenvalue weighted by atomic mass is 16.2. The number of hydrogen-bond acceptors (Lipinski definition) is 7. The minimum absolute atomic E-state index is 0.265. The van der Waals surface area contributed by atoms with Gasteiger partial charge in [-0.15, -0.1) is 0 Å². The summed E-state index contributed by atoms with van der Waals surface area (Å²) in [5, 5.41) is 9.73. The minimum Gasteiger partial charge on any atom is -0.384 e. The van der Waals surface area contributed by atoms with Gasteiger partial charge in [0.15, 0.2) is 0 Å². The second-order valence-corrected chi connectivity index (χ2v) is 8.82. The van der Waals surface area contributed by atoms with Crippen molar-refractivity contribution in [2.75, 3.05) is 5.73 Å². The fourth-order valence-electron chi connectivity index (χ4n) is 4.00. The van der Waals surface area contributed by atoms with Crippen LogP contribution in [0.2, 0.25) is 0 Å². The molecule has 5 aromatic rings. The summed E-state index contributed by atoms with van der Waals surface area (Å²) in [6.07, 6.45) is 3.08. The molecule has 0 spiro atoms. The quantitative estimate of drug-likeness (QED) is 0.407. The Morgan fingerprint density at radius 3 is 2.37 bits per heavy atom. The van der Waals surface area contributed by atoms with Gasteiger partial charge in [-0.25, -0.2) is 14.8 Å². The molecule has 0 saturated carbocycles. The molecule has 2 N–H and O–H groups in total. The van der Waals surface area contributed by atoms with Crippen molar-refractivity contribution in [3.63, 3.8) is 0 Å². The van der Waals surface area contributed by atoms with Gasteiger partial charge >= 0.3 is 5.69 Å². The van der Waals surface area contributed by atoms with Crippen LogP contribution in [0.5, 0.6) is 0 Å². The number of pyridine rings is 3. The molecular formula is C26H21N7O2. The van der Waals surface area contributed by atoms with Crippen molar-refractivity contribution in [2.24, 2.45) is 7.05 Å². The monoisotopic (exact) mass is 463 g/mol. The summed E-state index contributed by atoms with van der Waals surface area (Å²) in [7, 11) is 1.43. The number of benzene rings is 1. The molecule has 0 atom stereocenters. The van der Waals surface area contributed by atoms with Gasteiger partial charge in [0.2, 0.25) is 0 Å². The molecule has 0 aliphatic rings. The molecule has 0 amide bonds. The fraction of sp³-hybridized carbons (Fsp3) is 0.154. The number of nitrogens with two attached hydrogens (primary N) is 1. The molecule has 172 valence electrons. The number of nitriles is 1. The molecule has 4 heterocycles. The summed E-state index contributed by atoms with van der Waals surface area (Å²) in [5.74, 6) is 0.391. The molecule has 9 nitrogen and oxygen atoms in total. The molecule has 0 bridgehead atoms. The van der Waals surface area contributed by atoms with Gasteiger partial charge in [-0.05, 0) is 55.8 Å². The van der Waals surface area contributed by atoms with E-state index in [0.717, 1.165) is 15.7 Å². The summed E-state index contributed by atoms with van der Waals surface area (Å²) in [6, 6.07) is 16.5. The maximum absolute atomic E-state index is 13.4. The molecule has 0 unspecified atom stereocenters. The Bertz CT molecular complexity index is 1780. The third-order valence-corrected chi connectivity index (χ3v) is 6.13. The van der Waals surface area contributed by atoms with Gasteiger partial charge in [-0.1, -0.05) is 12.1 Å². The Balaban J connectivity index is 1.85. The van der Waals surface area contributed by atoms with E-state index in [2.05, 4.69) is 16.0 Å². The van der Waals surface area contributed by atoms with E-state index in [4.69, 9.17) is 10.7 Å². The Morgan fingerprint density at radius 2 is 1.71 bits per heavy atom. The molecule has 1 aromatic carbocycles. The lowest BCUT2D eigenvalue weighted by molar-refractivity contribution is 0.686. The summed E-state index contributed by atoms with van der Waals surface area (Å²) < 4.78 is 2.51. The third kappa shape index (κ3) is 3.52. The Kier molecular flexibility index (Phi) is 4.95. The number of rotatable bonds is 3. The summed E-state index contributed by atoms with van der Waals surface area (Å²) >= 11 is 0. The number of aromatic nitrogens is 5. The van der Waals surface area contributed by atoms with Crippen molar-refractivity contribution in [1.29, 1.82) is 5.26 Å². The number of nitrogen functional groups attached to an aromatic ring is 1. The zero-order chi connectivity index (χ0) is 24.9. The van der Waals surface area contributed by atoms with Crippen molar-refractivity contribution < 1.29 is 0 Å². The van der Waals surface area contributed by atoms with E-state index in [0.29, 0.717) is 33.7 Å². The zero-order valence-electron chi connectivity index (χ0n) is 19.4. The average molecular weight is 464 g/mol. The van der Waals surface area contributed by atoms with Crippen LogP contribution in [0.4, 0.5) is 5.82 Å². The number of anilines is 1. The zero-order valence-corrected chi connectivity index (χ0v) is 19.4. The number of fused-ring (bicyclic) bond motifs is 3. The van der Waals surface area contributed by atoms with Crippen LogP contribution in [0.1, 0.15) is 19.4 Å². The normalized spacial score (nSPS) is 11.6.